The molecule has 2 heterocycles. The maximum Gasteiger partial charge on any atom is 0.122 e. The number of anilines is 1. The van der Waals surface area contributed by atoms with Crippen LogP contribution < -0.4 is 5.32 Å². The largest absolute Gasteiger partial charge is 0.384 e. The molecule has 1 aromatic carbocycles. The van der Waals surface area contributed by atoms with E-state index >= 15 is 0 Å². The highest BCUT2D eigenvalue weighted by Gasteiger charge is 2.11. The molecule has 4 nitrogen and oxygen atoms in total. The van der Waals surface area contributed by atoms with E-state index in [2.05, 4.69) is 45.0 Å². The summed E-state index contributed by atoms with van der Waals surface area (Å²) in [7, 11) is 4.17. The highest BCUT2D eigenvalue weighted by molar-refractivity contribution is 5.56. The SMILES string of the molecule is CN(Cc1ccc2c(c1)NCC2)Cc1nccn1C. The van der Waals surface area contributed by atoms with Gasteiger partial charge in [-0.05, 0) is 30.7 Å². The van der Waals surface area contributed by atoms with Crippen LogP contribution in [0.3, 0.4) is 0 Å². The van der Waals surface area contributed by atoms with Gasteiger partial charge in [-0.15, -0.1) is 0 Å². The number of nitrogens with zero attached hydrogens (tertiary/aromatic N) is 3. The second kappa shape index (κ2) is 5.05. The first-order chi connectivity index (χ1) is 9.22. The summed E-state index contributed by atoms with van der Waals surface area (Å²) < 4.78 is 2.07. The van der Waals surface area contributed by atoms with Crippen LogP contribution >= 0.6 is 0 Å². The lowest BCUT2D eigenvalue weighted by Gasteiger charge is -2.17. The third kappa shape index (κ3) is 2.63. The van der Waals surface area contributed by atoms with Gasteiger partial charge in [0.25, 0.3) is 0 Å². The number of hydrogen-bond donors (Lipinski definition) is 1. The van der Waals surface area contributed by atoms with Crippen LogP contribution in [-0.4, -0.2) is 28.0 Å². The molecule has 4 heteroatoms. The van der Waals surface area contributed by atoms with Crippen molar-refractivity contribution in [1.29, 1.82) is 0 Å². The smallest absolute Gasteiger partial charge is 0.122 e. The molecule has 19 heavy (non-hydrogen) atoms. The van der Waals surface area contributed by atoms with Crippen molar-refractivity contribution in [2.24, 2.45) is 7.05 Å². The van der Waals surface area contributed by atoms with Crippen molar-refractivity contribution in [3.63, 3.8) is 0 Å². The molecule has 0 spiro atoms. The van der Waals surface area contributed by atoms with E-state index in [9.17, 15) is 0 Å². The van der Waals surface area contributed by atoms with Gasteiger partial charge < -0.3 is 9.88 Å². The highest BCUT2D eigenvalue weighted by Crippen LogP contribution is 2.23. The predicted molar refractivity (Wildman–Crippen MR) is 77.0 cm³/mol. The zero-order valence-corrected chi connectivity index (χ0v) is 11.6. The van der Waals surface area contributed by atoms with E-state index in [1.54, 1.807) is 0 Å². The van der Waals surface area contributed by atoms with E-state index in [-0.39, 0.29) is 0 Å². The Bertz CT molecular complexity index is 573. The van der Waals surface area contributed by atoms with Crippen molar-refractivity contribution in [3.8, 4) is 0 Å². The van der Waals surface area contributed by atoms with E-state index in [0.717, 1.165) is 31.9 Å². The number of benzene rings is 1. The van der Waals surface area contributed by atoms with Gasteiger partial charge in [-0.3, -0.25) is 4.90 Å². The Hall–Kier alpha value is -1.81. The van der Waals surface area contributed by atoms with E-state index in [1.807, 2.05) is 19.4 Å². The molecule has 1 aromatic heterocycles. The van der Waals surface area contributed by atoms with Crippen LogP contribution in [0.15, 0.2) is 30.6 Å². The lowest BCUT2D eigenvalue weighted by molar-refractivity contribution is 0.307. The van der Waals surface area contributed by atoms with Crippen LogP contribution in [0.25, 0.3) is 0 Å². The quantitative estimate of drug-likeness (QED) is 0.908. The van der Waals surface area contributed by atoms with Gasteiger partial charge in [0.05, 0.1) is 6.54 Å². The first-order valence-electron chi connectivity index (χ1n) is 6.73. The number of fused-ring (bicyclic) bond motifs is 1. The van der Waals surface area contributed by atoms with Crippen molar-refractivity contribution >= 4 is 5.69 Å². The summed E-state index contributed by atoms with van der Waals surface area (Å²) in [5.41, 5.74) is 4.10. The second-order valence-corrected chi connectivity index (χ2v) is 5.29. The molecule has 2 aromatic rings. The van der Waals surface area contributed by atoms with Gasteiger partial charge in [0.1, 0.15) is 5.82 Å². The van der Waals surface area contributed by atoms with Crippen molar-refractivity contribution in [3.05, 3.63) is 47.5 Å². The summed E-state index contributed by atoms with van der Waals surface area (Å²) >= 11 is 0. The zero-order chi connectivity index (χ0) is 13.2. The molecule has 0 saturated heterocycles. The molecule has 0 radical (unpaired) electrons. The van der Waals surface area contributed by atoms with Crippen LogP contribution in [-0.2, 0) is 26.6 Å². The van der Waals surface area contributed by atoms with Gasteiger partial charge >= 0.3 is 0 Å². The highest BCUT2D eigenvalue weighted by atomic mass is 15.1. The van der Waals surface area contributed by atoms with Gasteiger partial charge in [0.2, 0.25) is 0 Å². The van der Waals surface area contributed by atoms with Gasteiger partial charge in [-0.1, -0.05) is 12.1 Å². The average Bonchev–Trinajstić information content (AvgIpc) is 2.98. The normalized spacial score (nSPS) is 13.6. The molecule has 0 bridgehead atoms. The van der Waals surface area contributed by atoms with Crippen molar-refractivity contribution in [2.45, 2.75) is 19.5 Å². The van der Waals surface area contributed by atoms with Crippen LogP contribution in [0, 0.1) is 0 Å². The van der Waals surface area contributed by atoms with Crippen molar-refractivity contribution < 1.29 is 0 Å². The second-order valence-electron chi connectivity index (χ2n) is 5.29. The molecular formula is C15H20N4. The van der Waals surface area contributed by atoms with Crippen LogP contribution in [0.4, 0.5) is 5.69 Å². The molecule has 1 N–H and O–H groups in total. The minimum Gasteiger partial charge on any atom is -0.384 e. The Morgan fingerprint density at radius 1 is 1.37 bits per heavy atom. The third-order valence-electron chi connectivity index (χ3n) is 3.67. The van der Waals surface area contributed by atoms with Crippen LogP contribution in [0.1, 0.15) is 17.0 Å². The van der Waals surface area contributed by atoms with Crippen molar-refractivity contribution in [2.75, 3.05) is 18.9 Å². The number of imidazole rings is 1. The summed E-state index contributed by atoms with van der Waals surface area (Å²) in [6, 6.07) is 6.76. The number of aromatic nitrogens is 2. The lowest BCUT2D eigenvalue weighted by Crippen LogP contribution is -2.19. The van der Waals surface area contributed by atoms with Crippen LogP contribution in [0.2, 0.25) is 0 Å². The fraction of sp³-hybridized carbons (Fsp3) is 0.400. The van der Waals surface area contributed by atoms with Crippen molar-refractivity contribution in [1.82, 2.24) is 14.5 Å². The number of nitrogens with one attached hydrogen (secondary N) is 1. The fourth-order valence-electron chi connectivity index (χ4n) is 2.59. The van der Waals surface area contributed by atoms with E-state index in [4.69, 9.17) is 0 Å². The summed E-state index contributed by atoms with van der Waals surface area (Å²) in [6.07, 6.45) is 4.99. The molecule has 0 amide bonds. The standard InChI is InChI=1S/C15H20N4/c1-18(11-15-17-7-8-19(15)2)10-12-3-4-13-5-6-16-14(13)9-12/h3-4,7-9,16H,5-6,10-11H2,1-2H3. The maximum atomic E-state index is 4.36. The molecule has 0 aliphatic carbocycles. The number of hydrogen-bond acceptors (Lipinski definition) is 3. The molecular weight excluding hydrogens is 236 g/mol. The Balaban J connectivity index is 1.66. The Kier molecular flexibility index (Phi) is 3.25. The molecule has 1 aliphatic heterocycles. The molecule has 0 fully saturated rings. The maximum absolute atomic E-state index is 4.36. The molecule has 3 rings (SSSR count). The molecule has 0 saturated carbocycles. The molecule has 0 atom stereocenters. The Morgan fingerprint density at radius 3 is 3.05 bits per heavy atom. The number of aryl methyl sites for hydroxylation is 1. The van der Waals surface area contributed by atoms with Gasteiger partial charge in [-0.25, -0.2) is 4.98 Å². The third-order valence-corrected chi connectivity index (χ3v) is 3.67. The van der Waals surface area contributed by atoms with E-state index < -0.39 is 0 Å². The first-order valence-corrected chi connectivity index (χ1v) is 6.73. The lowest BCUT2D eigenvalue weighted by atomic mass is 10.1. The molecule has 0 unspecified atom stereocenters. The minimum atomic E-state index is 0.869. The van der Waals surface area contributed by atoms with Gasteiger partial charge in [0, 0.05) is 38.2 Å². The average molecular weight is 256 g/mol. The molecule has 100 valence electrons. The zero-order valence-electron chi connectivity index (χ0n) is 11.6. The first kappa shape index (κ1) is 12.2. The van der Waals surface area contributed by atoms with Gasteiger partial charge in [0.15, 0.2) is 0 Å². The molecule has 1 aliphatic rings. The topological polar surface area (TPSA) is 33.1 Å². The van der Waals surface area contributed by atoms with E-state index in [0.29, 0.717) is 0 Å². The summed E-state index contributed by atoms with van der Waals surface area (Å²) in [5.74, 6) is 1.10. The fourth-order valence-corrected chi connectivity index (χ4v) is 2.59. The Morgan fingerprint density at radius 2 is 2.26 bits per heavy atom. The van der Waals surface area contributed by atoms with E-state index in [1.165, 1.54) is 16.8 Å². The monoisotopic (exact) mass is 256 g/mol. The van der Waals surface area contributed by atoms with Crippen LogP contribution in [0.5, 0.6) is 0 Å². The predicted octanol–water partition coefficient (Wildman–Crippen LogP) is 2.02. The Labute approximate surface area is 114 Å². The van der Waals surface area contributed by atoms with Gasteiger partial charge in [-0.2, -0.15) is 0 Å². The summed E-state index contributed by atoms with van der Waals surface area (Å²) in [6.45, 7) is 2.89. The minimum absolute atomic E-state index is 0.869. The summed E-state index contributed by atoms with van der Waals surface area (Å²) in [5, 5.41) is 3.43. The summed E-state index contributed by atoms with van der Waals surface area (Å²) in [4.78, 5) is 6.65. The number of rotatable bonds is 4.